The predicted octanol–water partition coefficient (Wildman–Crippen LogP) is 3.38. The van der Waals surface area contributed by atoms with Gasteiger partial charge in [-0.2, -0.15) is 14.7 Å². The van der Waals surface area contributed by atoms with Crippen LogP contribution in [0.15, 0.2) is 71.3 Å². The van der Waals surface area contributed by atoms with Gasteiger partial charge in [0.2, 0.25) is 10.0 Å². The highest BCUT2D eigenvalue weighted by Gasteiger charge is 2.32. The largest absolute Gasteiger partial charge is 0.373 e. The van der Waals surface area contributed by atoms with Crippen LogP contribution in [0.5, 0.6) is 0 Å². The molecule has 10 heteroatoms. The smallest absolute Gasteiger partial charge is 0.261 e. The van der Waals surface area contributed by atoms with Crippen LogP contribution in [-0.4, -0.2) is 60.3 Å². The van der Waals surface area contributed by atoms with E-state index in [1.807, 2.05) is 50.2 Å². The Labute approximate surface area is 217 Å². The normalized spacial score (nSPS) is 18.8. The molecule has 1 aromatic heterocycles. The molecular weight excluding hydrogens is 490 g/mol. The summed E-state index contributed by atoms with van der Waals surface area (Å²) in [5.41, 5.74) is 2.21. The van der Waals surface area contributed by atoms with Crippen molar-refractivity contribution in [3.05, 3.63) is 71.9 Å². The lowest BCUT2D eigenvalue weighted by Gasteiger charge is -2.34. The molecule has 1 aliphatic heterocycles. The van der Waals surface area contributed by atoms with Crippen LogP contribution in [0.1, 0.15) is 26.3 Å². The molecule has 0 spiro atoms. The van der Waals surface area contributed by atoms with Gasteiger partial charge < -0.3 is 10.1 Å². The molecule has 1 N–H and O–H groups in total. The summed E-state index contributed by atoms with van der Waals surface area (Å²) in [7, 11) is -3.78. The molecule has 1 fully saturated rings. The number of sulfonamides is 1. The first-order valence-electron chi connectivity index (χ1n) is 12.0. The lowest BCUT2D eigenvalue weighted by Crippen LogP contribution is -2.48. The number of carbonyl (C=O) groups is 1. The minimum Gasteiger partial charge on any atom is -0.373 e. The number of morpholine rings is 1. The third kappa shape index (κ3) is 5.80. The second-order valence-corrected chi connectivity index (χ2v) is 10.8. The molecule has 1 saturated heterocycles. The molecule has 37 heavy (non-hydrogen) atoms. The molecular formula is C27H29N5O4S. The van der Waals surface area contributed by atoms with E-state index < -0.39 is 15.9 Å². The fourth-order valence-electron chi connectivity index (χ4n) is 4.27. The molecule has 2 unspecified atom stereocenters. The minimum absolute atomic E-state index is 0.0734. The number of carbonyl (C=O) groups excluding carboxylic acids is 1. The quantitative estimate of drug-likeness (QED) is 0.378. The molecule has 1 aliphatic rings. The van der Waals surface area contributed by atoms with E-state index >= 15 is 0 Å². The highest BCUT2D eigenvalue weighted by Crippen LogP contribution is 2.29. The fraction of sp³-hybridized carbons (Fsp3) is 0.296. The summed E-state index contributed by atoms with van der Waals surface area (Å²) in [5.74, 6) is -0.490. The van der Waals surface area contributed by atoms with Gasteiger partial charge in [-0.05, 0) is 51.1 Å². The van der Waals surface area contributed by atoms with Crippen molar-refractivity contribution in [3.63, 3.8) is 0 Å². The molecule has 0 radical (unpaired) electrons. The Morgan fingerprint density at radius 3 is 2.51 bits per heavy atom. The SMILES string of the molecule is CCNC(=O)C(C#N)=Cc1cn(-c2ccccc2)nc1-c1cccc(S(=O)(=O)N2CC(C)OC(C)C2)c1. The van der Waals surface area contributed by atoms with Crippen molar-refractivity contribution in [1.82, 2.24) is 19.4 Å². The van der Waals surface area contributed by atoms with Crippen LogP contribution in [-0.2, 0) is 19.6 Å². The van der Waals surface area contributed by atoms with Crippen LogP contribution in [0.3, 0.4) is 0 Å². The molecule has 1 amide bonds. The molecule has 2 heterocycles. The predicted molar refractivity (Wildman–Crippen MR) is 140 cm³/mol. The molecule has 0 bridgehead atoms. The van der Waals surface area contributed by atoms with Gasteiger partial charge in [0.1, 0.15) is 17.3 Å². The standard InChI is InChI=1S/C27H29N5O4S/c1-4-29-27(33)22(15-28)13-23-18-32(24-10-6-5-7-11-24)30-26(23)21-9-8-12-25(14-21)37(34,35)31-16-19(2)36-20(3)17-31/h5-14,18-20H,4,16-17H2,1-3H3,(H,29,33). The first-order chi connectivity index (χ1) is 17.7. The number of benzene rings is 2. The summed E-state index contributed by atoms with van der Waals surface area (Å²) in [6.45, 7) is 6.40. The Balaban J connectivity index is 1.81. The molecule has 0 saturated carbocycles. The Morgan fingerprint density at radius 2 is 1.86 bits per heavy atom. The van der Waals surface area contributed by atoms with E-state index in [-0.39, 0.29) is 35.8 Å². The summed E-state index contributed by atoms with van der Waals surface area (Å²) in [6.07, 6.45) is 2.77. The van der Waals surface area contributed by atoms with E-state index in [1.54, 1.807) is 42.1 Å². The second-order valence-electron chi connectivity index (χ2n) is 8.85. The summed E-state index contributed by atoms with van der Waals surface area (Å²) in [5, 5.41) is 16.9. The average molecular weight is 520 g/mol. The van der Waals surface area contributed by atoms with Crippen molar-refractivity contribution in [2.75, 3.05) is 19.6 Å². The fourth-order valence-corrected chi connectivity index (χ4v) is 5.91. The van der Waals surface area contributed by atoms with Crippen LogP contribution in [0.2, 0.25) is 0 Å². The Bertz CT molecular complexity index is 1450. The zero-order valence-corrected chi connectivity index (χ0v) is 21.8. The highest BCUT2D eigenvalue weighted by molar-refractivity contribution is 7.89. The van der Waals surface area contributed by atoms with Crippen molar-refractivity contribution in [3.8, 4) is 23.0 Å². The first kappa shape index (κ1) is 26.3. The van der Waals surface area contributed by atoms with Crippen molar-refractivity contribution < 1.29 is 17.9 Å². The number of para-hydroxylation sites is 1. The van der Waals surface area contributed by atoms with E-state index in [1.165, 1.54) is 10.4 Å². The zero-order chi connectivity index (χ0) is 26.6. The third-order valence-electron chi connectivity index (χ3n) is 5.90. The number of rotatable bonds is 7. The molecule has 192 valence electrons. The summed E-state index contributed by atoms with van der Waals surface area (Å²) >= 11 is 0. The molecule has 4 rings (SSSR count). The van der Waals surface area contributed by atoms with Crippen molar-refractivity contribution in [1.29, 1.82) is 5.26 Å². The van der Waals surface area contributed by atoms with Gasteiger partial charge in [-0.15, -0.1) is 0 Å². The average Bonchev–Trinajstić information content (AvgIpc) is 3.31. The van der Waals surface area contributed by atoms with E-state index in [2.05, 4.69) is 5.32 Å². The van der Waals surface area contributed by atoms with Gasteiger partial charge in [0.05, 0.1) is 22.8 Å². The Morgan fingerprint density at radius 1 is 1.16 bits per heavy atom. The van der Waals surface area contributed by atoms with Crippen molar-refractivity contribution in [2.24, 2.45) is 0 Å². The van der Waals surface area contributed by atoms with Crippen LogP contribution in [0.25, 0.3) is 23.0 Å². The summed E-state index contributed by atoms with van der Waals surface area (Å²) < 4.78 is 35.8. The van der Waals surface area contributed by atoms with Crippen molar-refractivity contribution in [2.45, 2.75) is 37.9 Å². The summed E-state index contributed by atoms with van der Waals surface area (Å²) in [6, 6.07) is 17.9. The molecule has 2 aromatic carbocycles. The Hall–Kier alpha value is -3.78. The first-order valence-corrected chi connectivity index (χ1v) is 13.5. The van der Waals surface area contributed by atoms with Gasteiger partial charge in [0.25, 0.3) is 5.91 Å². The highest BCUT2D eigenvalue weighted by atomic mass is 32.2. The Kier molecular flexibility index (Phi) is 7.88. The summed E-state index contributed by atoms with van der Waals surface area (Å²) in [4.78, 5) is 12.5. The van der Waals surface area contributed by atoms with E-state index in [9.17, 15) is 18.5 Å². The maximum Gasteiger partial charge on any atom is 0.261 e. The number of nitriles is 1. The number of amides is 1. The van der Waals surface area contributed by atoms with Gasteiger partial charge in [0, 0.05) is 37.0 Å². The third-order valence-corrected chi connectivity index (χ3v) is 7.72. The molecule has 9 nitrogen and oxygen atoms in total. The lowest BCUT2D eigenvalue weighted by atomic mass is 10.1. The number of nitrogens with one attached hydrogen (secondary N) is 1. The topological polar surface area (TPSA) is 117 Å². The van der Waals surface area contributed by atoms with Crippen LogP contribution < -0.4 is 5.32 Å². The molecule has 3 aromatic rings. The monoisotopic (exact) mass is 519 g/mol. The van der Waals surface area contributed by atoms with Crippen LogP contribution in [0.4, 0.5) is 0 Å². The molecule has 2 atom stereocenters. The van der Waals surface area contributed by atoms with E-state index in [0.717, 1.165) is 5.69 Å². The minimum atomic E-state index is -3.78. The number of hydrogen-bond acceptors (Lipinski definition) is 6. The number of likely N-dealkylation sites (N-methyl/N-ethyl adjacent to an activating group) is 1. The number of nitrogens with zero attached hydrogens (tertiary/aromatic N) is 4. The van der Waals surface area contributed by atoms with Gasteiger partial charge >= 0.3 is 0 Å². The van der Waals surface area contributed by atoms with E-state index in [0.29, 0.717) is 23.4 Å². The molecule has 0 aliphatic carbocycles. The van der Waals surface area contributed by atoms with Crippen LogP contribution in [0, 0.1) is 11.3 Å². The number of ether oxygens (including phenoxy) is 1. The maximum absolute atomic E-state index is 13.5. The number of hydrogen-bond donors (Lipinski definition) is 1. The maximum atomic E-state index is 13.5. The van der Waals surface area contributed by atoms with Gasteiger partial charge in [0.15, 0.2) is 0 Å². The second kappa shape index (κ2) is 11.1. The zero-order valence-electron chi connectivity index (χ0n) is 21.0. The van der Waals surface area contributed by atoms with Crippen LogP contribution >= 0.6 is 0 Å². The lowest BCUT2D eigenvalue weighted by molar-refractivity contribution is -0.116. The van der Waals surface area contributed by atoms with E-state index in [4.69, 9.17) is 9.84 Å². The number of aromatic nitrogens is 2. The van der Waals surface area contributed by atoms with Gasteiger partial charge in [-0.25, -0.2) is 13.1 Å². The van der Waals surface area contributed by atoms with Crippen molar-refractivity contribution >= 4 is 22.0 Å². The van der Waals surface area contributed by atoms with Gasteiger partial charge in [-0.1, -0.05) is 30.3 Å². The van der Waals surface area contributed by atoms with Gasteiger partial charge in [-0.3, -0.25) is 4.79 Å².